The molecule has 0 spiro atoms. The maximum Gasteiger partial charge on any atom is 0.253 e. The molecule has 27 heavy (non-hydrogen) atoms. The number of fused-ring (bicyclic) bond motifs is 3. The van der Waals surface area contributed by atoms with Gasteiger partial charge in [0.1, 0.15) is 5.65 Å². The smallest absolute Gasteiger partial charge is 0.253 e. The van der Waals surface area contributed by atoms with Gasteiger partial charge in [-0.3, -0.25) is 9.69 Å². The number of aryl methyl sites for hydroxylation is 2. The van der Waals surface area contributed by atoms with Crippen molar-refractivity contribution < 1.29 is 4.74 Å². The van der Waals surface area contributed by atoms with Gasteiger partial charge in [0.05, 0.1) is 18.9 Å². The minimum absolute atomic E-state index is 0.117. The molecule has 3 heterocycles. The van der Waals surface area contributed by atoms with Gasteiger partial charge in [-0.2, -0.15) is 5.10 Å². The number of H-pyrrole nitrogens is 1. The van der Waals surface area contributed by atoms with Crippen molar-refractivity contribution in [1.29, 1.82) is 0 Å². The number of pyridine rings is 1. The zero-order valence-corrected chi connectivity index (χ0v) is 16.1. The van der Waals surface area contributed by atoms with E-state index in [1.165, 1.54) is 42.3 Å². The molecule has 1 N–H and O–H groups in total. The van der Waals surface area contributed by atoms with E-state index in [0.717, 1.165) is 76.3 Å². The topological polar surface area (TPSA) is 63.2 Å². The summed E-state index contributed by atoms with van der Waals surface area (Å²) in [5.41, 5.74) is 4.69. The molecule has 2 aromatic rings. The summed E-state index contributed by atoms with van der Waals surface area (Å²) in [6, 6.07) is 0. The van der Waals surface area contributed by atoms with Crippen LogP contribution in [-0.2, 0) is 24.1 Å². The van der Waals surface area contributed by atoms with Crippen LogP contribution in [-0.4, -0.2) is 52.5 Å². The molecule has 2 fully saturated rings. The number of morpholine rings is 1. The molecule has 1 aliphatic heterocycles. The Bertz CT molecular complexity index is 874. The number of nitrogens with zero attached hydrogens (tertiary/aromatic N) is 3. The summed E-state index contributed by atoms with van der Waals surface area (Å²) < 4.78 is 7.53. The molecule has 0 aromatic carbocycles. The third-order valence-electron chi connectivity index (χ3n) is 6.69. The molecule has 0 unspecified atom stereocenters. The van der Waals surface area contributed by atoms with Gasteiger partial charge in [-0.25, -0.2) is 4.68 Å². The predicted molar refractivity (Wildman–Crippen MR) is 105 cm³/mol. The maximum absolute atomic E-state index is 12.7. The summed E-state index contributed by atoms with van der Waals surface area (Å²) in [6.45, 7) is 5.68. The van der Waals surface area contributed by atoms with E-state index in [2.05, 4.69) is 14.6 Å². The largest absolute Gasteiger partial charge is 0.379 e. The van der Waals surface area contributed by atoms with Crippen molar-refractivity contribution in [3.63, 3.8) is 0 Å². The van der Waals surface area contributed by atoms with Crippen molar-refractivity contribution in [2.45, 2.75) is 63.8 Å². The molecule has 2 aromatic heterocycles. The van der Waals surface area contributed by atoms with Crippen LogP contribution in [0.1, 0.15) is 61.3 Å². The fraction of sp³-hybridized carbons (Fsp3) is 0.714. The van der Waals surface area contributed by atoms with E-state index in [1.807, 2.05) is 0 Å². The van der Waals surface area contributed by atoms with E-state index in [4.69, 9.17) is 9.84 Å². The van der Waals surface area contributed by atoms with Crippen LogP contribution in [0.25, 0.3) is 11.0 Å². The summed E-state index contributed by atoms with van der Waals surface area (Å²) in [5, 5.41) is 6.34. The van der Waals surface area contributed by atoms with E-state index >= 15 is 0 Å². The van der Waals surface area contributed by atoms with Gasteiger partial charge in [-0.1, -0.05) is 6.42 Å². The van der Waals surface area contributed by atoms with Crippen LogP contribution in [0.15, 0.2) is 4.79 Å². The summed E-state index contributed by atoms with van der Waals surface area (Å²) in [7, 11) is 0. The van der Waals surface area contributed by atoms with Gasteiger partial charge in [0.2, 0.25) is 0 Å². The lowest BCUT2D eigenvalue weighted by molar-refractivity contribution is 0.0368. The van der Waals surface area contributed by atoms with Crippen LogP contribution in [0.3, 0.4) is 0 Å². The Morgan fingerprint density at radius 2 is 1.81 bits per heavy atom. The highest BCUT2D eigenvalue weighted by Gasteiger charge is 2.29. The second kappa shape index (κ2) is 7.40. The van der Waals surface area contributed by atoms with Crippen molar-refractivity contribution in [3.8, 4) is 0 Å². The van der Waals surface area contributed by atoms with Crippen molar-refractivity contribution >= 4 is 11.0 Å². The molecule has 0 radical (unpaired) electrons. The Kier molecular flexibility index (Phi) is 4.78. The molecule has 1 saturated carbocycles. The van der Waals surface area contributed by atoms with E-state index in [9.17, 15) is 4.79 Å². The fourth-order valence-corrected chi connectivity index (χ4v) is 4.92. The van der Waals surface area contributed by atoms with Crippen LogP contribution in [0.5, 0.6) is 0 Å². The lowest BCUT2D eigenvalue weighted by Gasteiger charge is -2.26. The number of aromatic nitrogens is 3. The van der Waals surface area contributed by atoms with Crippen molar-refractivity contribution in [3.05, 3.63) is 27.2 Å². The van der Waals surface area contributed by atoms with Crippen LogP contribution >= 0.6 is 0 Å². The fourth-order valence-electron chi connectivity index (χ4n) is 4.92. The first-order valence-corrected chi connectivity index (χ1v) is 10.8. The number of aromatic amines is 1. The Morgan fingerprint density at radius 1 is 1.04 bits per heavy atom. The lowest BCUT2D eigenvalue weighted by atomic mass is 9.80. The Balaban J connectivity index is 1.46. The average Bonchev–Trinajstić information content (AvgIpc) is 3.00. The normalized spacial score (nSPS) is 21.3. The Labute approximate surface area is 159 Å². The van der Waals surface area contributed by atoms with E-state index in [-0.39, 0.29) is 5.56 Å². The molecule has 2 aliphatic carbocycles. The van der Waals surface area contributed by atoms with E-state index in [1.54, 1.807) is 0 Å². The molecule has 3 aliphatic rings. The third-order valence-corrected chi connectivity index (χ3v) is 6.69. The number of nitrogens with one attached hydrogen (secondary N) is 1. The second-order valence-corrected chi connectivity index (χ2v) is 8.39. The Hall–Kier alpha value is -1.66. The van der Waals surface area contributed by atoms with Crippen molar-refractivity contribution in [2.24, 2.45) is 0 Å². The summed E-state index contributed by atoms with van der Waals surface area (Å²) in [4.78, 5) is 18.4. The van der Waals surface area contributed by atoms with Crippen molar-refractivity contribution in [1.82, 2.24) is 19.7 Å². The molecular formula is C21H30N4O2. The van der Waals surface area contributed by atoms with Gasteiger partial charge >= 0.3 is 0 Å². The molecule has 6 heteroatoms. The first kappa shape index (κ1) is 17.4. The van der Waals surface area contributed by atoms with E-state index < -0.39 is 0 Å². The summed E-state index contributed by atoms with van der Waals surface area (Å²) in [6.07, 6.45) is 9.14. The van der Waals surface area contributed by atoms with Crippen LogP contribution in [0.2, 0.25) is 0 Å². The maximum atomic E-state index is 12.7. The predicted octanol–water partition coefficient (Wildman–Crippen LogP) is 2.59. The molecule has 6 nitrogen and oxygen atoms in total. The number of ether oxygens (including phenoxy) is 1. The molecule has 146 valence electrons. The van der Waals surface area contributed by atoms with Crippen LogP contribution in [0.4, 0.5) is 0 Å². The van der Waals surface area contributed by atoms with Gasteiger partial charge in [0.15, 0.2) is 0 Å². The van der Waals surface area contributed by atoms with Crippen LogP contribution in [0, 0.1) is 0 Å². The SMILES string of the molecule is O=c1[nH]c2c(c(C3CCC3)nn2CCCN2CCOCC2)c2c1CCCC2. The molecule has 5 rings (SSSR count). The standard InChI is InChI=1S/C21H30N4O2/c26-21-17-8-2-1-7-16(17)18-19(15-5-3-6-15)23-25(20(18)22-21)10-4-9-24-11-13-27-14-12-24/h15H,1-14H2,(H,22,26). The second-order valence-electron chi connectivity index (χ2n) is 8.39. The van der Waals surface area contributed by atoms with Gasteiger partial charge in [0.25, 0.3) is 5.56 Å². The van der Waals surface area contributed by atoms with Gasteiger partial charge in [-0.15, -0.1) is 0 Å². The highest BCUT2D eigenvalue weighted by atomic mass is 16.5. The monoisotopic (exact) mass is 370 g/mol. The average molecular weight is 370 g/mol. The minimum atomic E-state index is 0.117. The lowest BCUT2D eigenvalue weighted by Crippen LogP contribution is -2.37. The first-order valence-electron chi connectivity index (χ1n) is 10.8. The van der Waals surface area contributed by atoms with E-state index in [0.29, 0.717) is 5.92 Å². The zero-order chi connectivity index (χ0) is 18.2. The van der Waals surface area contributed by atoms with Gasteiger partial charge in [0, 0.05) is 43.0 Å². The Morgan fingerprint density at radius 3 is 2.56 bits per heavy atom. The molecule has 0 atom stereocenters. The molecule has 1 saturated heterocycles. The quantitative estimate of drug-likeness (QED) is 0.879. The zero-order valence-electron chi connectivity index (χ0n) is 16.1. The minimum Gasteiger partial charge on any atom is -0.379 e. The number of rotatable bonds is 5. The third kappa shape index (κ3) is 3.23. The van der Waals surface area contributed by atoms with Crippen LogP contribution < -0.4 is 5.56 Å². The highest BCUT2D eigenvalue weighted by Crippen LogP contribution is 2.40. The summed E-state index contributed by atoms with van der Waals surface area (Å²) in [5.74, 6) is 0.588. The van der Waals surface area contributed by atoms with Crippen molar-refractivity contribution in [2.75, 3.05) is 32.8 Å². The van der Waals surface area contributed by atoms with Gasteiger partial charge in [-0.05, 0) is 50.5 Å². The summed E-state index contributed by atoms with van der Waals surface area (Å²) >= 11 is 0. The number of hydrogen-bond acceptors (Lipinski definition) is 4. The number of hydrogen-bond donors (Lipinski definition) is 1. The van der Waals surface area contributed by atoms with Gasteiger partial charge < -0.3 is 9.72 Å². The first-order chi connectivity index (χ1) is 13.3. The highest BCUT2D eigenvalue weighted by molar-refractivity contribution is 5.84. The molecule has 0 amide bonds. The molecule has 0 bridgehead atoms. The molecular weight excluding hydrogens is 340 g/mol.